The number of nitrogens with one attached hydrogen (secondary N) is 1. The lowest BCUT2D eigenvalue weighted by Crippen LogP contribution is -2.45. The lowest BCUT2D eigenvalue weighted by Gasteiger charge is -2.32. The average molecular weight is 441 g/mol. The van der Waals surface area contributed by atoms with Crippen molar-refractivity contribution in [2.75, 3.05) is 59.4 Å². The molecule has 2 aromatic rings. The summed E-state index contributed by atoms with van der Waals surface area (Å²) in [6.45, 7) is 10.7. The van der Waals surface area contributed by atoms with Crippen molar-refractivity contribution in [2.45, 2.75) is 32.7 Å². The highest BCUT2D eigenvalue weighted by atomic mass is 16.5. The van der Waals surface area contributed by atoms with Gasteiger partial charge in [-0.05, 0) is 52.4 Å². The van der Waals surface area contributed by atoms with Crippen LogP contribution in [-0.2, 0) is 11.3 Å². The number of nitrogens with zero attached hydrogens (tertiary/aromatic N) is 5. The molecule has 3 heterocycles. The highest BCUT2D eigenvalue weighted by molar-refractivity contribution is 5.78. The summed E-state index contributed by atoms with van der Waals surface area (Å²) in [6.07, 6.45) is 2.97. The lowest BCUT2D eigenvalue weighted by molar-refractivity contribution is -0.126. The second-order valence-corrected chi connectivity index (χ2v) is 9.24. The van der Waals surface area contributed by atoms with Crippen molar-refractivity contribution < 1.29 is 9.32 Å². The van der Waals surface area contributed by atoms with E-state index in [0.717, 1.165) is 77.2 Å². The van der Waals surface area contributed by atoms with E-state index in [9.17, 15) is 4.79 Å². The summed E-state index contributed by atoms with van der Waals surface area (Å²) in [5.74, 6) is 1.44. The summed E-state index contributed by atoms with van der Waals surface area (Å²) in [7, 11) is 2.17. The number of hydrogen-bond donors (Lipinski definition) is 1. The zero-order valence-corrected chi connectivity index (χ0v) is 19.4. The van der Waals surface area contributed by atoms with E-state index in [1.807, 2.05) is 12.1 Å². The Labute approximate surface area is 190 Å². The SMILES string of the molecule is Cc1cccc(-c2noc(CN3CCCC(C(=O)NCCCN4CCN(C)CC4)C3)n2)c1. The quantitative estimate of drug-likeness (QED) is 0.629. The van der Waals surface area contributed by atoms with Crippen molar-refractivity contribution in [1.82, 2.24) is 30.2 Å². The Hall–Kier alpha value is -2.29. The van der Waals surface area contributed by atoms with Crippen LogP contribution in [0.4, 0.5) is 0 Å². The monoisotopic (exact) mass is 440 g/mol. The number of carbonyl (C=O) groups is 1. The van der Waals surface area contributed by atoms with Gasteiger partial charge < -0.3 is 19.6 Å². The summed E-state index contributed by atoms with van der Waals surface area (Å²) in [6, 6.07) is 8.10. The van der Waals surface area contributed by atoms with E-state index in [2.05, 4.69) is 56.3 Å². The Bertz CT molecular complexity index is 877. The van der Waals surface area contributed by atoms with Crippen LogP contribution in [0.25, 0.3) is 11.4 Å². The fourth-order valence-corrected chi connectivity index (χ4v) is 4.56. The Kier molecular flexibility index (Phi) is 7.89. The summed E-state index contributed by atoms with van der Waals surface area (Å²) in [5, 5.41) is 7.30. The number of rotatable bonds is 8. The summed E-state index contributed by atoms with van der Waals surface area (Å²) in [5.41, 5.74) is 2.13. The molecule has 1 N–H and O–H groups in total. The van der Waals surface area contributed by atoms with Crippen molar-refractivity contribution in [3.8, 4) is 11.4 Å². The molecule has 2 fully saturated rings. The minimum atomic E-state index is 0.0338. The van der Waals surface area contributed by atoms with Gasteiger partial charge in [-0.1, -0.05) is 28.9 Å². The standard InChI is InChI=1S/C24H36N6O2/c1-19-6-3-7-20(16-19)23-26-22(32-27-23)18-30-10-4-8-21(17-30)24(31)25-9-5-11-29-14-12-28(2)13-15-29/h3,6-7,16,21H,4-5,8-15,17-18H2,1-2H3,(H,25,31). The van der Waals surface area contributed by atoms with Gasteiger partial charge in [-0.25, -0.2) is 0 Å². The van der Waals surface area contributed by atoms with Gasteiger partial charge in [0.2, 0.25) is 17.6 Å². The Morgan fingerprint density at radius 1 is 1.19 bits per heavy atom. The van der Waals surface area contributed by atoms with E-state index >= 15 is 0 Å². The molecule has 0 bridgehead atoms. The Balaban J connectivity index is 1.20. The highest BCUT2D eigenvalue weighted by Gasteiger charge is 2.27. The van der Waals surface area contributed by atoms with Crippen LogP contribution in [0, 0.1) is 12.8 Å². The lowest BCUT2D eigenvalue weighted by atomic mass is 9.97. The molecule has 1 unspecified atom stereocenters. The molecule has 1 aromatic heterocycles. The minimum absolute atomic E-state index is 0.0338. The van der Waals surface area contributed by atoms with Gasteiger partial charge in [0.1, 0.15) is 0 Å². The van der Waals surface area contributed by atoms with Gasteiger partial charge >= 0.3 is 0 Å². The number of carbonyl (C=O) groups excluding carboxylic acids is 1. The van der Waals surface area contributed by atoms with Crippen LogP contribution in [0.1, 0.15) is 30.7 Å². The zero-order valence-electron chi connectivity index (χ0n) is 19.4. The van der Waals surface area contributed by atoms with E-state index < -0.39 is 0 Å². The highest BCUT2D eigenvalue weighted by Crippen LogP contribution is 2.21. The third-order valence-corrected chi connectivity index (χ3v) is 6.53. The number of aromatic nitrogens is 2. The molecule has 0 spiro atoms. The van der Waals surface area contributed by atoms with Gasteiger partial charge in [0.15, 0.2) is 0 Å². The number of piperazine rings is 1. The van der Waals surface area contributed by atoms with Crippen molar-refractivity contribution in [1.29, 1.82) is 0 Å². The molecule has 174 valence electrons. The average Bonchev–Trinajstić information content (AvgIpc) is 3.26. The number of hydrogen-bond acceptors (Lipinski definition) is 7. The van der Waals surface area contributed by atoms with E-state index in [1.54, 1.807) is 0 Å². The molecule has 0 aliphatic carbocycles. The van der Waals surface area contributed by atoms with Gasteiger partial charge in [0, 0.05) is 44.8 Å². The van der Waals surface area contributed by atoms with E-state index in [4.69, 9.17) is 4.52 Å². The maximum Gasteiger partial charge on any atom is 0.241 e. The molecule has 1 atom stereocenters. The second kappa shape index (κ2) is 11.0. The van der Waals surface area contributed by atoms with Crippen molar-refractivity contribution in [2.24, 2.45) is 5.92 Å². The van der Waals surface area contributed by atoms with Crippen LogP contribution < -0.4 is 5.32 Å². The first kappa shape index (κ1) is 22.9. The van der Waals surface area contributed by atoms with Gasteiger partial charge in [-0.15, -0.1) is 0 Å². The van der Waals surface area contributed by atoms with Gasteiger partial charge in [-0.3, -0.25) is 9.69 Å². The first-order valence-corrected chi connectivity index (χ1v) is 11.9. The largest absolute Gasteiger partial charge is 0.356 e. The van der Waals surface area contributed by atoms with Gasteiger partial charge in [-0.2, -0.15) is 4.98 Å². The van der Waals surface area contributed by atoms with Gasteiger partial charge in [0.25, 0.3) is 0 Å². The molecule has 4 rings (SSSR count). The zero-order chi connectivity index (χ0) is 22.3. The number of benzene rings is 1. The van der Waals surface area contributed by atoms with Crippen LogP contribution in [-0.4, -0.2) is 90.2 Å². The first-order valence-electron chi connectivity index (χ1n) is 11.9. The first-order chi connectivity index (χ1) is 15.6. The maximum absolute atomic E-state index is 12.7. The topological polar surface area (TPSA) is 77.7 Å². The van der Waals surface area contributed by atoms with Crippen molar-refractivity contribution in [3.05, 3.63) is 35.7 Å². The van der Waals surface area contributed by atoms with E-state index in [0.29, 0.717) is 18.3 Å². The number of likely N-dealkylation sites (tertiary alicyclic amines) is 1. The van der Waals surface area contributed by atoms with Crippen LogP contribution in [0.3, 0.4) is 0 Å². The molecule has 8 nitrogen and oxygen atoms in total. The molecule has 8 heteroatoms. The fraction of sp³-hybridized carbons (Fsp3) is 0.625. The molecular weight excluding hydrogens is 404 g/mol. The number of likely N-dealkylation sites (N-methyl/N-ethyl adjacent to an activating group) is 1. The van der Waals surface area contributed by atoms with Crippen LogP contribution in [0.2, 0.25) is 0 Å². The van der Waals surface area contributed by atoms with Crippen molar-refractivity contribution in [3.63, 3.8) is 0 Å². The fourth-order valence-electron chi connectivity index (χ4n) is 4.56. The minimum Gasteiger partial charge on any atom is -0.356 e. The molecule has 0 radical (unpaired) electrons. The smallest absolute Gasteiger partial charge is 0.241 e. The molecule has 1 amide bonds. The third-order valence-electron chi connectivity index (χ3n) is 6.53. The Morgan fingerprint density at radius 3 is 2.84 bits per heavy atom. The predicted octanol–water partition coefficient (Wildman–Crippen LogP) is 2.01. The summed E-state index contributed by atoms with van der Waals surface area (Å²) >= 11 is 0. The van der Waals surface area contributed by atoms with Gasteiger partial charge in [0.05, 0.1) is 12.5 Å². The molecular formula is C24H36N6O2. The molecule has 2 saturated heterocycles. The molecule has 32 heavy (non-hydrogen) atoms. The normalized spacial score (nSPS) is 21.0. The van der Waals surface area contributed by atoms with E-state index in [-0.39, 0.29) is 11.8 Å². The number of piperidine rings is 1. The van der Waals surface area contributed by atoms with Crippen LogP contribution in [0.5, 0.6) is 0 Å². The third kappa shape index (κ3) is 6.37. The van der Waals surface area contributed by atoms with E-state index in [1.165, 1.54) is 5.56 Å². The second-order valence-electron chi connectivity index (χ2n) is 9.24. The summed E-state index contributed by atoms with van der Waals surface area (Å²) in [4.78, 5) is 24.4. The van der Waals surface area contributed by atoms with Crippen LogP contribution >= 0.6 is 0 Å². The summed E-state index contributed by atoms with van der Waals surface area (Å²) < 4.78 is 5.49. The molecule has 1 aromatic carbocycles. The Morgan fingerprint density at radius 2 is 2.03 bits per heavy atom. The molecule has 2 aliphatic heterocycles. The maximum atomic E-state index is 12.7. The molecule has 0 saturated carbocycles. The number of aryl methyl sites for hydroxylation is 1. The van der Waals surface area contributed by atoms with Crippen LogP contribution in [0.15, 0.2) is 28.8 Å². The molecule has 2 aliphatic rings. The number of amides is 1. The van der Waals surface area contributed by atoms with Crippen molar-refractivity contribution >= 4 is 5.91 Å². The predicted molar refractivity (Wildman–Crippen MR) is 124 cm³/mol.